The number of rotatable bonds is 3. The van der Waals surface area contributed by atoms with Crippen molar-refractivity contribution >= 4 is 11.8 Å². The van der Waals surface area contributed by atoms with E-state index in [9.17, 15) is 22.8 Å². The van der Waals surface area contributed by atoms with Gasteiger partial charge >= 0.3 is 0 Å². The highest BCUT2D eigenvalue weighted by Crippen LogP contribution is 2.34. The van der Waals surface area contributed by atoms with Crippen LogP contribution < -0.4 is 11.5 Å². The number of nitrogens with zero attached hydrogens (tertiary/aromatic N) is 1. The molecule has 1 aromatic rings. The topological polar surface area (TPSA) is 89.4 Å². The molecule has 1 aliphatic heterocycles. The number of carbonyl (C=O) groups excluding carboxylic acids is 2. The van der Waals surface area contributed by atoms with E-state index in [0.717, 1.165) is 6.07 Å². The van der Waals surface area contributed by atoms with Crippen LogP contribution in [0.15, 0.2) is 23.8 Å². The first-order valence-electron chi connectivity index (χ1n) is 8.95. The molecule has 4 N–H and O–H groups in total. The number of halogens is 3. The molecule has 0 bridgehead atoms. The highest BCUT2D eigenvalue weighted by Gasteiger charge is 2.33. The lowest BCUT2D eigenvalue weighted by molar-refractivity contribution is -0.131. The molecular formula is C19H22F3N3O2. The van der Waals surface area contributed by atoms with Crippen molar-refractivity contribution in [1.82, 2.24) is 4.90 Å². The average molecular weight is 381 g/mol. The smallest absolute Gasteiger partial charge is 0.249 e. The number of hydrogen-bond donors (Lipinski definition) is 2. The second-order valence-electron chi connectivity index (χ2n) is 7.20. The minimum Gasteiger partial charge on any atom is -0.369 e. The first-order valence-corrected chi connectivity index (χ1v) is 8.95. The molecule has 2 aliphatic rings. The fourth-order valence-corrected chi connectivity index (χ4v) is 3.85. The summed E-state index contributed by atoms with van der Waals surface area (Å²) >= 11 is 0. The van der Waals surface area contributed by atoms with Gasteiger partial charge in [0.25, 0.3) is 0 Å². The van der Waals surface area contributed by atoms with Crippen LogP contribution in [0.3, 0.4) is 0 Å². The number of piperidine rings is 1. The molecule has 0 radical (unpaired) electrons. The van der Waals surface area contributed by atoms with Gasteiger partial charge in [-0.05, 0) is 37.3 Å². The molecule has 3 rings (SSSR count). The Hall–Kier alpha value is -2.35. The number of amides is 2. The van der Waals surface area contributed by atoms with E-state index < -0.39 is 29.4 Å². The van der Waals surface area contributed by atoms with Crippen LogP contribution in [-0.2, 0) is 9.59 Å². The standard InChI is InChI=1S/C19H22F3N3O2/c20-14-9-16(22)15(21)8-13(14)12-2-1-11(7-17(12)23)19(27)25-5-3-10(4-6-25)18(24)26/h1,8-10,12,17H,2-7,23H2,(H2,24,26)/t12-,17+/m0/s1. The van der Waals surface area contributed by atoms with E-state index in [1.807, 2.05) is 0 Å². The van der Waals surface area contributed by atoms with Crippen LogP contribution in [0.25, 0.3) is 0 Å². The molecule has 2 atom stereocenters. The minimum absolute atomic E-state index is 0.0198. The summed E-state index contributed by atoms with van der Waals surface area (Å²) in [4.78, 5) is 25.6. The first-order chi connectivity index (χ1) is 12.8. The fraction of sp³-hybridized carbons (Fsp3) is 0.474. The number of benzene rings is 1. The van der Waals surface area contributed by atoms with E-state index in [4.69, 9.17) is 11.5 Å². The summed E-state index contributed by atoms with van der Waals surface area (Å²) < 4.78 is 40.7. The Labute approximate surface area is 155 Å². The maximum absolute atomic E-state index is 14.0. The summed E-state index contributed by atoms with van der Waals surface area (Å²) in [6.45, 7) is 0.889. The molecule has 1 heterocycles. The number of primary amides is 1. The Morgan fingerprint density at radius 1 is 1.04 bits per heavy atom. The molecule has 1 fully saturated rings. The molecule has 27 heavy (non-hydrogen) atoms. The summed E-state index contributed by atoms with van der Waals surface area (Å²) in [6, 6.07) is 0.770. The van der Waals surface area contributed by atoms with Gasteiger partial charge in [-0.15, -0.1) is 0 Å². The van der Waals surface area contributed by atoms with Gasteiger partial charge in [0.05, 0.1) is 0 Å². The summed E-state index contributed by atoms with van der Waals surface area (Å²) in [5.41, 5.74) is 12.0. The molecule has 1 saturated heterocycles. The first kappa shape index (κ1) is 19.4. The fourth-order valence-electron chi connectivity index (χ4n) is 3.85. The minimum atomic E-state index is -1.24. The highest BCUT2D eigenvalue weighted by atomic mass is 19.2. The van der Waals surface area contributed by atoms with E-state index >= 15 is 0 Å². The maximum atomic E-state index is 14.0. The molecule has 0 unspecified atom stereocenters. The van der Waals surface area contributed by atoms with Crippen LogP contribution >= 0.6 is 0 Å². The van der Waals surface area contributed by atoms with E-state index in [-0.39, 0.29) is 36.1 Å². The van der Waals surface area contributed by atoms with E-state index in [1.54, 1.807) is 11.0 Å². The monoisotopic (exact) mass is 381 g/mol. The van der Waals surface area contributed by atoms with Crippen LogP contribution in [0.2, 0.25) is 0 Å². The lowest BCUT2D eigenvalue weighted by atomic mass is 9.80. The van der Waals surface area contributed by atoms with Crippen molar-refractivity contribution < 1.29 is 22.8 Å². The van der Waals surface area contributed by atoms with E-state index in [1.165, 1.54) is 0 Å². The zero-order valence-corrected chi connectivity index (χ0v) is 14.8. The second-order valence-corrected chi connectivity index (χ2v) is 7.20. The summed E-state index contributed by atoms with van der Waals surface area (Å²) in [5.74, 6) is -4.45. The molecule has 8 heteroatoms. The summed E-state index contributed by atoms with van der Waals surface area (Å²) in [7, 11) is 0. The summed E-state index contributed by atoms with van der Waals surface area (Å²) in [6.07, 6.45) is 3.24. The average Bonchev–Trinajstić information content (AvgIpc) is 2.64. The third kappa shape index (κ3) is 4.00. The van der Waals surface area contributed by atoms with Gasteiger partial charge in [0.15, 0.2) is 11.6 Å². The van der Waals surface area contributed by atoms with Crippen molar-refractivity contribution in [1.29, 1.82) is 0 Å². The SMILES string of the molecule is NC(=O)C1CCN(C(=O)C2=CC[C@@H](c3cc(F)c(F)cc3F)[C@H](N)C2)CC1. The van der Waals surface area contributed by atoms with Gasteiger partial charge in [0.1, 0.15) is 5.82 Å². The van der Waals surface area contributed by atoms with Crippen LogP contribution in [-0.4, -0.2) is 35.8 Å². The second kappa shape index (κ2) is 7.72. The van der Waals surface area contributed by atoms with Gasteiger partial charge < -0.3 is 16.4 Å². The molecule has 0 aromatic heterocycles. The lowest BCUT2D eigenvalue weighted by Gasteiger charge is -2.34. The molecule has 2 amide bonds. The Balaban J connectivity index is 1.70. The van der Waals surface area contributed by atoms with Crippen molar-refractivity contribution in [3.63, 3.8) is 0 Å². The number of allylic oxidation sites excluding steroid dienone is 1. The van der Waals surface area contributed by atoms with Crippen molar-refractivity contribution in [2.45, 2.75) is 37.6 Å². The van der Waals surface area contributed by atoms with E-state index in [0.29, 0.717) is 37.6 Å². The molecule has 0 spiro atoms. The van der Waals surface area contributed by atoms with Gasteiger partial charge in [-0.2, -0.15) is 0 Å². The number of carbonyl (C=O) groups is 2. The third-order valence-electron chi connectivity index (χ3n) is 5.49. The van der Waals surface area contributed by atoms with Gasteiger partial charge in [0.2, 0.25) is 11.8 Å². The Kier molecular flexibility index (Phi) is 5.55. The Morgan fingerprint density at radius 2 is 1.67 bits per heavy atom. The number of likely N-dealkylation sites (tertiary alicyclic amines) is 1. The van der Waals surface area contributed by atoms with Crippen molar-refractivity contribution in [3.8, 4) is 0 Å². The molecular weight excluding hydrogens is 359 g/mol. The van der Waals surface area contributed by atoms with Crippen LogP contribution in [0.5, 0.6) is 0 Å². The normalized spacial score (nSPS) is 23.9. The van der Waals surface area contributed by atoms with Gasteiger partial charge in [-0.25, -0.2) is 13.2 Å². The van der Waals surface area contributed by atoms with Crippen molar-refractivity contribution in [3.05, 3.63) is 46.8 Å². The van der Waals surface area contributed by atoms with Crippen LogP contribution in [0, 0.1) is 23.4 Å². The molecule has 1 aromatic carbocycles. The number of nitrogens with two attached hydrogens (primary N) is 2. The van der Waals surface area contributed by atoms with Crippen LogP contribution in [0.1, 0.15) is 37.2 Å². The Bertz CT molecular complexity index is 789. The molecule has 146 valence electrons. The van der Waals surface area contributed by atoms with Crippen molar-refractivity contribution in [2.75, 3.05) is 13.1 Å². The number of hydrogen-bond acceptors (Lipinski definition) is 3. The zero-order chi connectivity index (χ0) is 19.7. The lowest BCUT2D eigenvalue weighted by Crippen LogP contribution is -2.44. The molecule has 0 saturated carbocycles. The van der Waals surface area contributed by atoms with Gasteiger partial charge in [-0.1, -0.05) is 6.08 Å². The maximum Gasteiger partial charge on any atom is 0.249 e. The molecule has 1 aliphatic carbocycles. The van der Waals surface area contributed by atoms with E-state index in [2.05, 4.69) is 0 Å². The van der Waals surface area contributed by atoms with Gasteiger partial charge in [0, 0.05) is 42.6 Å². The van der Waals surface area contributed by atoms with Crippen LogP contribution in [0.4, 0.5) is 13.2 Å². The third-order valence-corrected chi connectivity index (χ3v) is 5.49. The van der Waals surface area contributed by atoms with Crippen molar-refractivity contribution in [2.24, 2.45) is 17.4 Å². The predicted molar refractivity (Wildman–Crippen MR) is 92.8 cm³/mol. The highest BCUT2D eigenvalue weighted by molar-refractivity contribution is 5.94. The molecule has 5 nitrogen and oxygen atoms in total. The van der Waals surface area contributed by atoms with Gasteiger partial charge in [-0.3, -0.25) is 9.59 Å². The quantitative estimate of drug-likeness (QED) is 0.785. The Morgan fingerprint density at radius 3 is 2.26 bits per heavy atom. The zero-order valence-electron chi connectivity index (χ0n) is 14.8. The predicted octanol–water partition coefficient (Wildman–Crippen LogP) is 1.96. The summed E-state index contributed by atoms with van der Waals surface area (Å²) in [5, 5.41) is 0. The largest absolute Gasteiger partial charge is 0.369 e.